The van der Waals surface area contributed by atoms with Gasteiger partial charge >= 0.3 is 0 Å². The molecule has 3 heterocycles. The largest absolute Gasteiger partial charge is 0.509 e. The smallest absolute Gasteiger partial charge is 0.135 e. The Kier molecular flexibility index (Phi) is 9.25. The molecular weight excluding hydrogens is 940 g/mol. The van der Waals surface area contributed by atoms with Gasteiger partial charge in [0.25, 0.3) is 0 Å². The first kappa shape index (κ1) is 38.5. The number of hydrogen-bond acceptors (Lipinski definition) is 4. The number of ether oxygens (including phenoxy) is 1. The number of anilines is 4. The van der Waals surface area contributed by atoms with Crippen LogP contribution in [0.2, 0.25) is 0 Å². The fraction of sp³-hybridized carbons (Fsp3) is 0.143. The Morgan fingerprint density at radius 1 is 0.597 bits per heavy atom. The molecule has 9 aromatic rings. The Hall–Kier alpha value is -6.42. The van der Waals surface area contributed by atoms with Crippen molar-refractivity contribution in [1.29, 1.82) is 0 Å². The van der Waals surface area contributed by atoms with Gasteiger partial charge in [-0.15, -0.1) is 48.1 Å². The van der Waals surface area contributed by atoms with E-state index in [-0.39, 0.29) is 31.9 Å². The van der Waals surface area contributed by atoms with Gasteiger partial charge in [0.05, 0.1) is 0 Å². The van der Waals surface area contributed by atoms with Crippen LogP contribution in [-0.2, 0) is 31.9 Å². The molecule has 62 heavy (non-hydrogen) atoms. The van der Waals surface area contributed by atoms with Gasteiger partial charge in [-0.2, -0.15) is 12.1 Å². The van der Waals surface area contributed by atoms with E-state index >= 15 is 0 Å². The van der Waals surface area contributed by atoms with Crippen LogP contribution in [0.1, 0.15) is 61.8 Å². The van der Waals surface area contributed by atoms with Crippen molar-refractivity contribution >= 4 is 44.6 Å². The second-order valence-electron chi connectivity index (χ2n) is 17.2. The Morgan fingerprint density at radius 2 is 1.32 bits per heavy atom. The first-order valence-corrected chi connectivity index (χ1v) is 21.4. The molecule has 6 heteroatoms. The molecule has 306 valence electrons. The van der Waals surface area contributed by atoms with E-state index in [9.17, 15) is 0 Å². The van der Waals surface area contributed by atoms with Crippen LogP contribution in [0.5, 0.6) is 11.5 Å². The van der Waals surface area contributed by atoms with Crippen molar-refractivity contribution in [3.63, 3.8) is 0 Å². The molecule has 0 atom stereocenters. The number of aromatic nitrogens is 2. The van der Waals surface area contributed by atoms with Gasteiger partial charge in [-0.1, -0.05) is 123 Å². The third-order valence-electron chi connectivity index (χ3n) is 13.6. The van der Waals surface area contributed by atoms with E-state index in [2.05, 4.69) is 193 Å². The van der Waals surface area contributed by atoms with E-state index in [4.69, 9.17) is 9.72 Å². The maximum Gasteiger partial charge on any atom is 0.135 e. The monoisotopic (exact) mass is 982 g/mol. The van der Waals surface area contributed by atoms with Gasteiger partial charge in [0.1, 0.15) is 5.82 Å². The molecule has 1 saturated carbocycles. The summed E-state index contributed by atoms with van der Waals surface area (Å²) in [7, 11) is 0. The predicted molar refractivity (Wildman–Crippen MR) is 247 cm³/mol. The summed E-state index contributed by atoms with van der Waals surface area (Å²) in [4.78, 5) is 9.50. The van der Waals surface area contributed by atoms with Gasteiger partial charge < -0.3 is 19.1 Å². The summed E-state index contributed by atoms with van der Waals surface area (Å²) >= 11 is 0. The van der Waals surface area contributed by atoms with Crippen LogP contribution in [0.4, 0.5) is 22.7 Å². The number of hydrogen-bond donors (Lipinski definition) is 0. The molecule has 0 amide bonds. The van der Waals surface area contributed by atoms with E-state index in [1.165, 1.54) is 46.2 Å². The zero-order chi connectivity index (χ0) is 40.7. The molecule has 1 aliphatic heterocycles. The van der Waals surface area contributed by atoms with Crippen LogP contribution < -0.4 is 14.5 Å². The molecule has 5 nitrogen and oxygen atoms in total. The van der Waals surface area contributed by atoms with Crippen molar-refractivity contribution < 1.29 is 25.8 Å². The van der Waals surface area contributed by atoms with Crippen LogP contribution in [-0.4, -0.2) is 9.55 Å². The van der Waals surface area contributed by atoms with E-state index in [1.54, 1.807) is 0 Å². The van der Waals surface area contributed by atoms with E-state index in [0.717, 1.165) is 63.2 Å². The third-order valence-corrected chi connectivity index (χ3v) is 13.6. The zero-order valence-electron chi connectivity index (χ0n) is 34.6. The van der Waals surface area contributed by atoms with Crippen LogP contribution >= 0.6 is 0 Å². The van der Waals surface area contributed by atoms with Crippen LogP contribution in [0.3, 0.4) is 0 Å². The third kappa shape index (κ3) is 5.96. The molecular formula is C56H43N4OPt-3. The second kappa shape index (κ2) is 14.9. The molecule has 7 aromatic carbocycles. The van der Waals surface area contributed by atoms with Crippen molar-refractivity contribution in [3.8, 4) is 28.4 Å². The Morgan fingerprint density at radius 3 is 2.18 bits per heavy atom. The standard InChI is InChI=1S/C56H43N4O.Pt/c1-55(2)48-21-8-6-19-44(48)45-27-25-41(35-49(45)55)59-37-58(51-23-10-11-24-52(51)59)40-17-14-18-42(34-40)61-43-26-28-47-46-20-7-9-22-50(46)60(53(47)36-43)54-33-39(29-32-57-54)56(30-12-13-31-56)38-15-4-3-5-16-38;/h3-11,14-29,32-33,35,37H,12-13,30-31H2,1-2H3;/q-3;. The summed E-state index contributed by atoms with van der Waals surface area (Å²) in [6.07, 6.45) is 6.69. The number of pyridine rings is 1. The summed E-state index contributed by atoms with van der Waals surface area (Å²) in [5.41, 5.74) is 14.2. The molecule has 2 aromatic heterocycles. The molecule has 12 rings (SSSR count). The fourth-order valence-corrected chi connectivity index (χ4v) is 10.6. The quantitative estimate of drug-likeness (QED) is 0.149. The minimum absolute atomic E-state index is 0. The van der Waals surface area contributed by atoms with Crippen LogP contribution in [0, 0.1) is 18.8 Å². The molecule has 0 N–H and O–H groups in total. The number of para-hydroxylation sites is 3. The summed E-state index contributed by atoms with van der Waals surface area (Å²) in [6.45, 7) is 6.83. The average Bonchev–Trinajstić information content (AvgIpc) is 4.09. The topological polar surface area (TPSA) is 33.5 Å². The van der Waals surface area contributed by atoms with Crippen molar-refractivity contribution in [2.24, 2.45) is 0 Å². The van der Waals surface area contributed by atoms with Crippen molar-refractivity contribution in [3.05, 3.63) is 211 Å². The average molecular weight is 983 g/mol. The van der Waals surface area contributed by atoms with Crippen LogP contribution in [0.15, 0.2) is 170 Å². The van der Waals surface area contributed by atoms with E-state index in [1.807, 2.05) is 24.4 Å². The summed E-state index contributed by atoms with van der Waals surface area (Å²) < 4.78 is 8.91. The van der Waals surface area contributed by atoms with Gasteiger partial charge in [-0.25, -0.2) is 4.98 Å². The minimum Gasteiger partial charge on any atom is -0.509 e. The summed E-state index contributed by atoms with van der Waals surface area (Å²) in [5.74, 6) is 2.12. The predicted octanol–water partition coefficient (Wildman–Crippen LogP) is 14.1. The van der Waals surface area contributed by atoms with Crippen molar-refractivity contribution in [1.82, 2.24) is 9.55 Å². The summed E-state index contributed by atoms with van der Waals surface area (Å²) in [6, 6.07) is 65.9. The Labute approximate surface area is 377 Å². The van der Waals surface area contributed by atoms with Crippen molar-refractivity contribution in [2.75, 3.05) is 9.80 Å². The van der Waals surface area contributed by atoms with Gasteiger partial charge in [0.2, 0.25) is 0 Å². The Bertz CT molecular complexity index is 3160. The first-order chi connectivity index (χ1) is 30.0. The first-order valence-electron chi connectivity index (χ1n) is 21.4. The van der Waals surface area contributed by atoms with Gasteiger partial charge in [-0.05, 0) is 94.1 Å². The van der Waals surface area contributed by atoms with Gasteiger partial charge in [0.15, 0.2) is 0 Å². The molecule has 3 aliphatic rings. The molecule has 0 spiro atoms. The van der Waals surface area contributed by atoms with E-state index in [0.29, 0.717) is 11.5 Å². The number of fused-ring (bicyclic) bond motifs is 7. The number of nitrogens with zero attached hydrogens (tertiary/aromatic N) is 4. The normalized spacial score (nSPS) is 15.6. The summed E-state index contributed by atoms with van der Waals surface area (Å²) in [5, 5.41) is 2.26. The van der Waals surface area contributed by atoms with Gasteiger partial charge in [-0.3, -0.25) is 0 Å². The molecule has 0 radical (unpaired) electrons. The Balaban J connectivity index is 0.00000432. The SMILES string of the molecule is CC1(C)c2ccccc2-c2ccc(N3[CH-]N(c4[c-]c(Oc5[c-]c6c(cc5)c5ccccc5n6-c5cc(C6(c7ccccc7)CCCC6)ccn5)ccc4)c4ccccc43)cc21.[Pt]. The number of benzene rings is 7. The maximum atomic E-state index is 6.66. The van der Waals surface area contributed by atoms with Crippen LogP contribution in [0.25, 0.3) is 38.8 Å². The molecule has 0 saturated heterocycles. The minimum atomic E-state index is -0.0874. The van der Waals surface area contributed by atoms with Gasteiger partial charge in [0, 0.05) is 72.2 Å². The number of rotatable bonds is 7. The molecule has 0 bridgehead atoms. The fourth-order valence-electron chi connectivity index (χ4n) is 10.6. The van der Waals surface area contributed by atoms with Crippen molar-refractivity contribution in [2.45, 2.75) is 50.4 Å². The molecule has 1 fully saturated rings. The van der Waals surface area contributed by atoms with E-state index < -0.39 is 0 Å². The molecule has 0 unspecified atom stereocenters. The second-order valence-corrected chi connectivity index (χ2v) is 17.2. The zero-order valence-corrected chi connectivity index (χ0v) is 36.9. The maximum absolute atomic E-state index is 6.66. The molecule has 2 aliphatic carbocycles.